The third kappa shape index (κ3) is 3.81. The number of nitriles is 1. The number of furan rings is 1. The van der Waals surface area contributed by atoms with E-state index in [0.717, 1.165) is 9.75 Å². The molecule has 1 unspecified atom stereocenters. The van der Waals surface area contributed by atoms with Crippen LogP contribution in [0, 0.1) is 18.3 Å². The van der Waals surface area contributed by atoms with Gasteiger partial charge in [-0.3, -0.25) is 0 Å². The molecule has 6 nitrogen and oxygen atoms in total. The fourth-order valence-electron chi connectivity index (χ4n) is 3.04. The molecule has 3 aromatic heterocycles. The van der Waals surface area contributed by atoms with Gasteiger partial charge in [0.2, 0.25) is 12.0 Å². The lowest BCUT2D eigenvalue weighted by Crippen LogP contribution is -2.19. The van der Waals surface area contributed by atoms with Crippen LogP contribution >= 0.6 is 11.3 Å². The summed E-state index contributed by atoms with van der Waals surface area (Å²) in [6.45, 7) is 1.98. The molecule has 0 amide bonds. The molecule has 0 spiro atoms. The van der Waals surface area contributed by atoms with Gasteiger partial charge in [-0.1, -0.05) is 30.3 Å². The molecule has 30 heavy (non-hydrogen) atoms. The molecule has 1 atom stereocenters. The number of benzene rings is 1. The molecular weight excluding hydrogens is 400 g/mol. The first-order valence-electron chi connectivity index (χ1n) is 9.07. The monoisotopic (exact) mass is 416 g/mol. The zero-order chi connectivity index (χ0) is 21.1. The summed E-state index contributed by atoms with van der Waals surface area (Å²) in [6, 6.07) is 19.8. The number of hydrogen-bond acceptors (Lipinski definition) is 6. The van der Waals surface area contributed by atoms with Gasteiger partial charge in [0.15, 0.2) is 0 Å². The Hall–Kier alpha value is -3.89. The average molecular weight is 416 g/mol. The topological polar surface area (TPSA) is 96.3 Å². The van der Waals surface area contributed by atoms with E-state index in [2.05, 4.69) is 11.1 Å². The van der Waals surface area contributed by atoms with Crippen molar-refractivity contribution in [2.24, 2.45) is 0 Å². The van der Waals surface area contributed by atoms with Crippen LogP contribution in [0.3, 0.4) is 0 Å². The molecule has 7 heteroatoms. The summed E-state index contributed by atoms with van der Waals surface area (Å²) in [5, 5.41) is 19.6. The van der Waals surface area contributed by atoms with Crippen molar-refractivity contribution in [3.8, 4) is 33.8 Å². The summed E-state index contributed by atoms with van der Waals surface area (Å²) in [4.78, 5) is 18.4. The number of carboxylic acid groups (broad SMARTS) is 1. The van der Waals surface area contributed by atoms with Gasteiger partial charge in [-0.2, -0.15) is 5.26 Å². The highest BCUT2D eigenvalue weighted by molar-refractivity contribution is 7.15. The zero-order valence-electron chi connectivity index (χ0n) is 15.9. The molecule has 0 fully saturated rings. The summed E-state index contributed by atoms with van der Waals surface area (Å²) in [5.41, 5.74) is 1.63. The Morgan fingerprint density at radius 2 is 2.00 bits per heavy atom. The smallest absolute Gasteiger partial charge is 0.349 e. The van der Waals surface area contributed by atoms with Crippen molar-refractivity contribution in [1.82, 2.24) is 4.98 Å². The van der Waals surface area contributed by atoms with Crippen molar-refractivity contribution in [3.63, 3.8) is 0 Å². The van der Waals surface area contributed by atoms with Crippen molar-refractivity contribution in [1.29, 1.82) is 5.26 Å². The van der Waals surface area contributed by atoms with Crippen LogP contribution in [-0.4, -0.2) is 16.1 Å². The Balaban J connectivity index is 1.88. The van der Waals surface area contributed by atoms with Crippen molar-refractivity contribution in [2.75, 3.05) is 0 Å². The van der Waals surface area contributed by atoms with Crippen molar-refractivity contribution in [2.45, 2.75) is 13.0 Å². The Morgan fingerprint density at radius 1 is 1.20 bits per heavy atom. The Labute approximate surface area is 176 Å². The SMILES string of the molecule is Cc1ccc(-c2cc(-c3ccco3)c(C#N)c(OC(C(=O)O)c3ccccc3)n2)s1. The number of aromatic nitrogens is 1. The zero-order valence-corrected chi connectivity index (χ0v) is 16.7. The maximum Gasteiger partial charge on any atom is 0.349 e. The second-order valence-electron chi connectivity index (χ2n) is 6.48. The van der Waals surface area contributed by atoms with E-state index >= 15 is 0 Å². The van der Waals surface area contributed by atoms with Crippen LogP contribution in [0.15, 0.2) is 71.3 Å². The molecule has 0 aliphatic rings. The molecule has 0 saturated carbocycles. The summed E-state index contributed by atoms with van der Waals surface area (Å²) in [5.74, 6) is -0.757. The lowest BCUT2D eigenvalue weighted by molar-refractivity contribution is -0.145. The molecule has 1 aromatic carbocycles. The highest BCUT2D eigenvalue weighted by Gasteiger charge is 2.26. The van der Waals surface area contributed by atoms with E-state index in [0.29, 0.717) is 22.6 Å². The number of ether oxygens (including phenoxy) is 1. The van der Waals surface area contributed by atoms with Gasteiger partial charge in [-0.25, -0.2) is 9.78 Å². The average Bonchev–Trinajstić information content (AvgIpc) is 3.43. The van der Waals surface area contributed by atoms with E-state index in [1.807, 2.05) is 19.1 Å². The molecule has 0 aliphatic heterocycles. The maximum atomic E-state index is 11.9. The van der Waals surface area contributed by atoms with E-state index in [1.54, 1.807) is 59.9 Å². The molecule has 4 rings (SSSR count). The van der Waals surface area contributed by atoms with E-state index in [9.17, 15) is 15.2 Å². The summed E-state index contributed by atoms with van der Waals surface area (Å²) in [7, 11) is 0. The van der Waals surface area contributed by atoms with Gasteiger partial charge in [-0.15, -0.1) is 11.3 Å². The number of aliphatic carboxylic acids is 1. The van der Waals surface area contributed by atoms with E-state index in [4.69, 9.17) is 9.15 Å². The lowest BCUT2D eigenvalue weighted by Gasteiger charge is -2.17. The summed E-state index contributed by atoms with van der Waals surface area (Å²) >= 11 is 1.54. The van der Waals surface area contributed by atoms with Crippen LogP contribution < -0.4 is 4.74 Å². The number of carbonyl (C=O) groups is 1. The van der Waals surface area contributed by atoms with Crippen LogP contribution in [0.4, 0.5) is 0 Å². The van der Waals surface area contributed by atoms with Crippen molar-refractivity contribution < 1.29 is 19.1 Å². The summed E-state index contributed by atoms with van der Waals surface area (Å²) < 4.78 is 11.3. The van der Waals surface area contributed by atoms with Crippen molar-refractivity contribution >= 4 is 17.3 Å². The van der Waals surface area contributed by atoms with Gasteiger partial charge < -0.3 is 14.3 Å². The quantitative estimate of drug-likeness (QED) is 0.449. The molecule has 3 heterocycles. The molecular formula is C23H16N2O4S. The highest BCUT2D eigenvalue weighted by atomic mass is 32.1. The predicted molar refractivity (Wildman–Crippen MR) is 112 cm³/mol. The van der Waals surface area contributed by atoms with Crippen LogP contribution in [0.25, 0.3) is 21.9 Å². The normalized spacial score (nSPS) is 11.6. The maximum absolute atomic E-state index is 11.9. The number of aryl methyl sites for hydroxylation is 1. The van der Waals surface area contributed by atoms with Crippen LogP contribution in [0.2, 0.25) is 0 Å². The van der Waals surface area contributed by atoms with Gasteiger partial charge in [0.25, 0.3) is 0 Å². The Bertz CT molecular complexity index is 1220. The Kier molecular flexibility index (Phi) is 5.33. The highest BCUT2D eigenvalue weighted by Crippen LogP contribution is 2.37. The van der Waals surface area contributed by atoms with Crippen LogP contribution in [0.1, 0.15) is 22.1 Å². The minimum absolute atomic E-state index is 0.0521. The second kappa shape index (κ2) is 8.23. The van der Waals surface area contributed by atoms with E-state index < -0.39 is 12.1 Å². The van der Waals surface area contributed by atoms with Gasteiger partial charge in [0, 0.05) is 16.0 Å². The molecule has 0 bridgehead atoms. The lowest BCUT2D eigenvalue weighted by atomic mass is 10.1. The number of rotatable bonds is 6. The molecule has 0 aliphatic carbocycles. The van der Waals surface area contributed by atoms with Crippen LogP contribution in [0.5, 0.6) is 5.88 Å². The molecule has 148 valence electrons. The molecule has 4 aromatic rings. The number of nitrogens with zero attached hydrogens (tertiary/aromatic N) is 2. The summed E-state index contributed by atoms with van der Waals surface area (Å²) in [6.07, 6.45) is 0.201. The first kappa shape index (κ1) is 19.4. The Morgan fingerprint density at radius 3 is 2.60 bits per heavy atom. The fraction of sp³-hybridized carbons (Fsp3) is 0.0870. The number of thiophene rings is 1. The molecule has 1 N–H and O–H groups in total. The van der Waals surface area contributed by atoms with Gasteiger partial charge in [0.05, 0.1) is 16.8 Å². The predicted octanol–water partition coefficient (Wildman–Crippen LogP) is 5.45. The minimum Gasteiger partial charge on any atom is -0.478 e. The van der Waals surface area contributed by atoms with Gasteiger partial charge in [0.1, 0.15) is 17.4 Å². The standard InChI is InChI=1S/C23H16N2O4S/c1-14-9-10-20(30-14)18-12-16(19-8-5-11-28-19)17(13-24)22(25-18)29-21(23(26)27)15-6-3-2-4-7-15/h2-12,21H,1H3,(H,26,27). The minimum atomic E-state index is -1.31. The largest absolute Gasteiger partial charge is 0.478 e. The van der Waals surface area contributed by atoms with Gasteiger partial charge >= 0.3 is 5.97 Å². The number of carboxylic acids is 1. The first-order chi connectivity index (χ1) is 14.6. The number of hydrogen-bond donors (Lipinski definition) is 1. The first-order valence-corrected chi connectivity index (χ1v) is 9.88. The molecule has 0 radical (unpaired) electrons. The third-order valence-corrected chi connectivity index (χ3v) is 5.46. The second-order valence-corrected chi connectivity index (χ2v) is 7.77. The van der Waals surface area contributed by atoms with E-state index in [-0.39, 0.29) is 11.4 Å². The third-order valence-electron chi connectivity index (χ3n) is 4.43. The van der Waals surface area contributed by atoms with E-state index in [1.165, 1.54) is 6.26 Å². The fourth-order valence-corrected chi connectivity index (χ4v) is 3.87. The van der Waals surface area contributed by atoms with Gasteiger partial charge in [-0.05, 0) is 37.3 Å². The number of pyridine rings is 1. The van der Waals surface area contributed by atoms with Crippen LogP contribution in [-0.2, 0) is 4.79 Å². The van der Waals surface area contributed by atoms with Crippen molar-refractivity contribution in [3.05, 3.63) is 82.9 Å². The molecule has 0 saturated heterocycles.